The number of ether oxygens (including phenoxy) is 1. The monoisotopic (exact) mass is 492 g/mol. The van der Waals surface area contributed by atoms with Gasteiger partial charge in [-0.3, -0.25) is 14.5 Å². The maximum Gasteiger partial charge on any atom is 0.295 e. The summed E-state index contributed by atoms with van der Waals surface area (Å²) in [6.45, 7) is 4.01. The predicted octanol–water partition coefficient (Wildman–Crippen LogP) is 4.28. The molecule has 174 valence electrons. The lowest BCUT2D eigenvalue weighted by atomic mass is 9.95. The minimum absolute atomic E-state index is 0.0813. The Labute approximate surface area is 201 Å². The highest BCUT2D eigenvalue weighted by molar-refractivity contribution is 6.47. The molecule has 1 N–H and O–H groups in total. The van der Waals surface area contributed by atoms with Crippen LogP contribution in [0, 0.1) is 5.82 Å². The lowest BCUT2D eigenvalue weighted by Gasteiger charge is -2.29. The zero-order valence-electron chi connectivity index (χ0n) is 17.8. The summed E-state index contributed by atoms with van der Waals surface area (Å²) < 4.78 is 18.7. The van der Waals surface area contributed by atoms with Crippen molar-refractivity contribution >= 4 is 40.7 Å². The van der Waals surface area contributed by atoms with Gasteiger partial charge in [0.05, 0.1) is 24.8 Å². The topological polar surface area (TPSA) is 70.1 Å². The summed E-state index contributed by atoms with van der Waals surface area (Å²) in [4.78, 5) is 29.7. The van der Waals surface area contributed by atoms with Crippen molar-refractivity contribution in [3.8, 4) is 0 Å². The van der Waals surface area contributed by atoms with Crippen LogP contribution in [0.2, 0.25) is 10.0 Å². The Balaban J connectivity index is 1.70. The number of carbonyl (C=O) groups excluding carboxylic acids is 2. The van der Waals surface area contributed by atoms with Gasteiger partial charge in [0, 0.05) is 41.8 Å². The Morgan fingerprint density at radius 2 is 1.76 bits per heavy atom. The van der Waals surface area contributed by atoms with Gasteiger partial charge in [-0.25, -0.2) is 4.39 Å². The van der Waals surface area contributed by atoms with Crippen molar-refractivity contribution < 1.29 is 23.8 Å². The molecule has 1 atom stereocenters. The average molecular weight is 493 g/mol. The maximum atomic E-state index is 13.4. The van der Waals surface area contributed by atoms with Crippen LogP contribution >= 0.6 is 23.2 Å². The Morgan fingerprint density at radius 3 is 2.42 bits per heavy atom. The number of morpholine rings is 1. The summed E-state index contributed by atoms with van der Waals surface area (Å²) in [5, 5.41) is 11.7. The fourth-order valence-electron chi connectivity index (χ4n) is 4.21. The van der Waals surface area contributed by atoms with E-state index in [9.17, 15) is 19.1 Å². The number of likely N-dealkylation sites (tertiary alicyclic amines) is 1. The molecule has 2 saturated heterocycles. The van der Waals surface area contributed by atoms with Crippen molar-refractivity contribution in [2.45, 2.75) is 12.5 Å². The molecule has 2 aromatic carbocycles. The van der Waals surface area contributed by atoms with Gasteiger partial charge in [-0.2, -0.15) is 0 Å². The molecule has 0 unspecified atom stereocenters. The lowest BCUT2D eigenvalue weighted by Crippen LogP contribution is -2.39. The van der Waals surface area contributed by atoms with E-state index >= 15 is 0 Å². The van der Waals surface area contributed by atoms with Gasteiger partial charge in [-0.15, -0.1) is 0 Å². The Morgan fingerprint density at radius 1 is 1.06 bits per heavy atom. The molecule has 2 aromatic rings. The second-order valence-corrected chi connectivity index (χ2v) is 8.82. The fraction of sp³-hybridized carbons (Fsp3) is 0.333. The number of hydrogen-bond acceptors (Lipinski definition) is 5. The summed E-state index contributed by atoms with van der Waals surface area (Å²) >= 11 is 12.5. The number of Topliss-reactive ketones (excluding diaryl/α,β-unsaturated/α-hetero) is 1. The third-order valence-corrected chi connectivity index (χ3v) is 6.45. The third kappa shape index (κ3) is 5.06. The number of hydrogen-bond donors (Lipinski definition) is 1. The second-order valence-electron chi connectivity index (χ2n) is 7.97. The van der Waals surface area contributed by atoms with Crippen LogP contribution in [-0.2, 0) is 14.3 Å². The number of benzene rings is 2. The maximum absolute atomic E-state index is 13.4. The fourth-order valence-corrected chi connectivity index (χ4v) is 4.72. The van der Waals surface area contributed by atoms with Crippen molar-refractivity contribution in [2.24, 2.45) is 0 Å². The molecule has 0 saturated carbocycles. The first-order valence-electron chi connectivity index (χ1n) is 10.7. The first kappa shape index (κ1) is 23.7. The zero-order valence-corrected chi connectivity index (χ0v) is 19.3. The van der Waals surface area contributed by atoms with E-state index in [1.54, 1.807) is 12.1 Å². The van der Waals surface area contributed by atoms with Crippen LogP contribution in [0.15, 0.2) is 48.0 Å². The molecule has 4 rings (SSSR count). The third-order valence-electron chi connectivity index (χ3n) is 5.89. The second kappa shape index (κ2) is 10.2. The van der Waals surface area contributed by atoms with Crippen LogP contribution in [0.4, 0.5) is 4.39 Å². The van der Waals surface area contributed by atoms with E-state index in [0.717, 1.165) is 19.6 Å². The minimum atomic E-state index is -0.885. The lowest BCUT2D eigenvalue weighted by molar-refractivity contribution is -0.140. The molecule has 0 aliphatic carbocycles. The molecule has 2 aliphatic rings. The summed E-state index contributed by atoms with van der Waals surface area (Å²) in [6, 6.07) is 8.99. The molecule has 9 heteroatoms. The van der Waals surface area contributed by atoms with Crippen molar-refractivity contribution in [1.82, 2.24) is 9.80 Å². The van der Waals surface area contributed by atoms with Crippen LogP contribution in [0.25, 0.3) is 5.76 Å². The van der Waals surface area contributed by atoms with Crippen LogP contribution < -0.4 is 0 Å². The molecule has 2 aliphatic heterocycles. The van der Waals surface area contributed by atoms with E-state index in [0.29, 0.717) is 36.8 Å². The van der Waals surface area contributed by atoms with Crippen molar-refractivity contribution in [3.63, 3.8) is 0 Å². The molecule has 0 spiro atoms. The molecule has 0 radical (unpaired) electrons. The van der Waals surface area contributed by atoms with Crippen molar-refractivity contribution in [1.29, 1.82) is 0 Å². The molecule has 1 amide bonds. The number of halogens is 3. The number of aliphatic hydroxyl groups excluding tert-OH is 1. The molecule has 0 bridgehead atoms. The van der Waals surface area contributed by atoms with Crippen LogP contribution in [0.1, 0.15) is 23.6 Å². The highest BCUT2D eigenvalue weighted by Gasteiger charge is 2.46. The van der Waals surface area contributed by atoms with Crippen molar-refractivity contribution in [3.05, 3.63) is 75.0 Å². The molecular formula is C24H23Cl2FN2O4. The summed E-state index contributed by atoms with van der Waals surface area (Å²) in [5.41, 5.74) is 0.635. The molecular weight excluding hydrogens is 470 g/mol. The summed E-state index contributed by atoms with van der Waals surface area (Å²) in [5.74, 6) is -2.37. The first-order chi connectivity index (χ1) is 15.9. The molecule has 2 fully saturated rings. The number of rotatable bonds is 6. The van der Waals surface area contributed by atoms with Gasteiger partial charge in [-0.1, -0.05) is 29.3 Å². The summed E-state index contributed by atoms with van der Waals surface area (Å²) in [6.07, 6.45) is 0.630. The first-order valence-corrected chi connectivity index (χ1v) is 11.4. The number of amides is 1. The molecule has 6 nitrogen and oxygen atoms in total. The van der Waals surface area contributed by atoms with E-state index in [4.69, 9.17) is 27.9 Å². The molecule has 33 heavy (non-hydrogen) atoms. The van der Waals surface area contributed by atoms with Gasteiger partial charge in [0.1, 0.15) is 11.6 Å². The number of carbonyl (C=O) groups is 2. The van der Waals surface area contributed by atoms with E-state index in [1.165, 1.54) is 35.2 Å². The van der Waals surface area contributed by atoms with Gasteiger partial charge in [0.15, 0.2) is 0 Å². The number of ketones is 1. The highest BCUT2D eigenvalue weighted by Crippen LogP contribution is 2.42. The minimum Gasteiger partial charge on any atom is -0.507 e. The SMILES string of the molecule is O=C1C(=O)N(CCCN2CCOCC2)[C@@H](c2ccc(Cl)cc2Cl)/C1=C(\O)c1ccc(F)cc1. The quantitative estimate of drug-likeness (QED) is 0.370. The van der Waals surface area contributed by atoms with Crippen LogP contribution in [-0.4, -0.2) is 66.0 Å². The normalized spacial score (nSPS) is 21.1. The standard InChI is InChI=1S/C24H23Cl2FN2O4/c25-16-4-7-18(19(26)14-16)21-20(22(30)15-2-5-17(27)6-3-15)23(31)24(32)29(21)9-1-8-28-10-12-33-13-11-28/h2-7,14,21,30H,1,8-13H2/b22-20+/t21-/m0/s1. The Hall–Kier alpha value is -2.45. The molecule has 2 heterocycles. The van der Waals surface area contributed by atoms with E-state index in [2.05, 4.69) is 4.90 Å². The smallest absolute Gasteiger partial charge is 0.295 e. The van der Waals surface area contributed by atoms with Gasteiger partial charge in [0.25, 0.3) is 11.7 Å². The zero-order chi connectivity index (χ0) is 23.5. The average Bonchev–Trinajstić information content (AvgIpc) is 3.05. The van der Waals surface area contributed by atoms with Gasteiger partial charge in [0.2, 0.25) is 0 Å². The van der Waals surface area contributed by atoms with E-state index < -0.39 is 23.5 Å². The number of aliphatic hydroxyl groups is 1. The number of nitrogens with zero attached hydrogens (tertiary/aromatic N) is 2. The predicted molar refractivity (Wildman–Crippen MR) is 124 cm³/mol. The van der Waals surface area contributed by atoms with Gasteiger partial charge < -0.3 is 14.7 Å². The van der Waals surface area contributed by atoms with E-state index in [-0.39, 0.29) is 21.9 Å². The largest absolute Gasteiger partial charge is 0.507 e. The molecule has 0 aromatic heterocycles. The van der Waals surface area contributed by atoms with Crippen LogP contribution in [0.3, 0.4) is 0 Å². The van der Waals surface area contributed by atoms with Gasteiger partial charge >= 0.3 is 0 Å². The Bertz CT molecular complexity index is 1080. The van der Waals surface area contributed by atoms with E-state index in [1.807, 2.05) is 0 Å². The van der Waals surface area contributed by atoms with Crippen LogP contribution in [0.5, 0.6) is 0 Å². The Kier molecular flexibility index (Phi) is 7.34. The van der Waals surface area contributed by atoms with Crippen molar-refractivity contribution in [2.75, 3.05) is 39.4 Å². The summed E-state index contributed by atoms with van der Waals surface area (Å²) in [7, 11) is 0. The van der Waals surface area contributed by atoms with Gasteiger partial charge in [-0.05, 0) is 48.4 Å². The highest BCUT2D eigenvalue weighted by atomic mass is 35.5.